The number of hydrogen-bond acceptors (Lipinski definition) is 8. The van der Waals surface area contributed by atoms with Crippen molar-refractivity contribution >= 4 is 46.7 Å². The number of thiazole rings is 1. The van der Waals surface area contributed by atoms with Crippen LogP contribution >= 0.6 is 34.9 Å². The average Bonchev–Trinajstić information content (AvgIpc) is 3.37. The summed E-state index contributed by atoms with van der Waals surface area (Å²) in [6, 6.07) is 3.57. The quantitative estimate of drug-likeness (QED) is 0.508. The first-order valence-electron chi connectivity index (χ1n) is 9.42. The van der Waals surface area contributed by atoms with E-state index in [-0.39, 0.29) is 17.7 Å². The molecule has 2 aliphatic heterocycles. The number of amidine groups is 1. The second kappa shape index (κ2) is 9.05. The standard InChI is InChI=1S/C20H20ClFN4O2S2/c1-3-28-20(27)16-15-9-12(25-29-2)10-26(15)18(19-23-6-7-30-19)24-17(16)13-5-4-11(22)8-14(13)21/h4-8,12,17,25H,3,9-10H2,1-2H3. The zero-order valence-corrected chi connectivity index (χ0v) is 18.8. The number of carbonyl (C=O) groups excluding carboxylic acids is 1. The molecule has 0 amide bonds. The highest BCUT2D eigenvalue weighted by atomic mass is 35.5. The fourth-order valence-corrected chi connectivity index (χ4v) is 5.16. The third-order valence-electron chi connectivity index (χ3n) is 4.92. The molecule has 0 saturated carbocycles. The number of esters is 1. The SMILES string of the molecule is CCOC(=O)C1=C2CC(NSC)CN2C(c2nccs2)=NC1c1ccc(F)cc1Cl. The number of fused-ring (bicyclic) bond motifs is 1. The van der Waals surface area contributed by atoms with Crippen molar-refractivity contribution in [1.82, 2.24) is 14.6 Å². The molecule has 3 heterocycles. The van der Waals surface area contributed by atoms with Gasteiger partial charge in [0.05, 0.1) is 12.2 Å². The van der Waals surface area contributed by atoms with Gasteiger partial charge in [0.1, 0.15) is 11.9 Å². The van der Waals surface area contributed by atoms with Gasteiger partial charge in [-0.05, 0) is 25.3 Å². The number of nitrogens with one attached hydrogen (secondary N) is 1. The Bertz CT molecular complexity index is 1010. The normalized spacial score (nSPS) is 20.9. The number of aromatic nitrogens is 1. The Kier molecular flexibility index (Phi) is 6.43. The summed E-state index contributed by atoms with van der Waals surface area (Å²) in [7, 11) is 0. The molecule has 2 aromatic rings. The van der Waals surface area contributed by atoms with Crippen molar-refractivity contribution < 1.29 is 13.9 Å². The molecule has 1 aromatic heterocycles. The fourth-order valence-electron chi connectivity index (χ4n) is 3.76. The number of ether oxygens (including phenoxy) is 1. The number of aliphatic imine (C=N–C) groups is 1. The first-order chi connectivity index (χ1) is 14.5. The second-order valence-corrected chi connectivity index (χ2v) is 8.72. The molecule has 2 atom stereocenters. The highest BCUT2D eigenvalue weighted by Gasteiger charge is 2.42. The van der Waals surface area contributed by atoms with E-state index in [2.05, 4.69) is 9.71 Å². The third kappa shape index (κ3) is 3.99. The predicted octanol–water partition coefficient (Wildman–Crippen LogP) is 4.20. The van der Waals surface area contributed by atoms with Gasteiger partial charge in [-0.15, -0.1) is 11.3 Å². The van der Waals surface area contributed by atoms with Gasteiger partial charge in [-0.2, -0.15) is 0 Å². The lowest BCUT2D eigenvalue weighted by atomic mass is 9.94. The van der Waals surface area contributed by atoms with E-state index in [0.717, 1.165) is 10.7 Å². The maximum Gasteiger partial charge on any atom is 0.338 e. The summed E-state index contributed by atoms with van der Waals surface area (Å²) in [4.78, 5) is 24.4. The fraction of sp³-hybridized carbons (Fsp3) is 0.350. The monoisotopic (exact) mass is 466 g/mol. The highest BCUT2D eigenvalue weighted by Crippen LogP contribution is 2.42. The van der Waals surface area contributed by atoms with Crippen molar-refractivity contribution in [3.8, 4) is 0 Å². The molecule has 6 nitrogen and oxygen atoms in total. The maximum absolute atomic E-state index is 13.7. The molecule has 0 radical (unpaired) electrons. The van der Waals surface area contributed by atoms with Gasteiger partial charge in [0, 0.05) is 46.9 Å². The summed E-state index contributed by atoms with van der Waals surface area (Å²) in [5.41, 5.74) is 1.84. The summed E-state index contributed by atoms with van der Waals surface area (Å²) in [6.07, 6.45) is 4.32. The molecule has 0 aliphatic carbocycles. The molecule has 30 heavy (non-hydrogen) atoms. The summed E-state index contributed by atoms with van der Waals surface area (Å²) in [5, 5.41) is 2.86. The molecule has 158 valence electrons. The van der Waals surface area contributed by atoms with E-state index in [4.69, 9.17) is 21.3 Å². The summed E-state index contributed by atoms with van der Waals surface area (Å²) < 4.78 is 22.4. The largest absolute Gasteiger partial charge is 0.463 e. The van der Waals surface area contributed by atoms with Gasteiger partial charge in [-0.25, -0.2) is 14.2 Å². The predicted molar refractivity (Wildman–Crippen MR) is 118 cm³/mol. The Balaban J connectivity index is 1.89. The Labute approximate surface area is 187 Å². The van der Waals surface area contributed by atoms with Crippen LogP contribution in [0, 0.1) is 5.82 Å². The molecule has 2 unspecified atom stereocenters. The van der Waals surface area contributed by atoms with Crippen LogP contribution in [-0.2, 0) is 9.53 Å². The maximum atomic E-state index is 13.7. The van der Waals surface area contributed by atoms with Crippen LogP contribution in [0.15, 0.2) is 46.0 Å². The molecule has 2 aliphatic rings. The van der Waals surface area contributed by atoms with Gasteiger partial charge in [0.25, 0.3) is 0 Å². The summed E-state index contributed by atoms with van der Waals surface area (Å²) in [5.74, 6) is -0.195. The molecule has 0 spiro atoms. The molecule has 1 N–H and O–H groups in total. The van der Waals surface area contributed by atoms with Crippen LogP contribution in [0.2, 0.25) is 5.02 Å². The molecular weight excluding hydrogens is 447 g/mol. The number of nitrogens with zero attached hydrogens (tertiary/aromatic N) is 3. The molecule has 10 heteroatoms. The van der Waals surface area contributed by atoms with Gasteiger partial charge in [-0.1, -0.05) is 29.6 Å². The van der Waals surface area contributed by atoms with Crippen LogP contribution in [0.25, 0.3) is 0 Å². The summed E-state index contributed by atoms with van der Waals surface area (Å²) >= 11 is 9.39. The molecule has 0 bridgehead atoms. The van der Waals surface area contributed by atoms with Crippen LogP contribution < -0.4 is 4.72 Å². The topological polar surface area (TPSA) is 66.8 Å². The average molecular weight is 467 g/mol. The van der Waals surface area contributed by atoms with Crippen molar-refractivity contribution in [2.24, 2.45) is 4.99 Å². The van der Waals surface area contributed by atoms with Gasteiger partial charge >= 0.3 is 5.97 Å². The van der Waals surface area contributed by atoms with Crippen LogP contribution in [0.3, 0.4) is 0 Å². The first kappa shape index (κ1) is 21.3. The molecular formula is C20H20ClFN4O2S2. The Hall–Kier alpha value is -1.94. The van der Waals surface area contributed by atoms with Crippen molar-refractivity contribution in [3.63, 3.8) is 0 Å². The van der Waals surface area contributed by atoms with E-state index < -0.39 is 17.8 Å². The molecule has 1 fully saturated rings. The van der Waals surface area contributed by atoms with Gasteiger partial charge in [0.15, 0.2) is 10.8 Å². The smallest absolute Gasteiger partial charge is 0.338 e. The molecule has 1 saturated heterocycles. The Morgan fingerprint density at radius 1 is 1.50 bits per heavy atom. The Morgan fingerprint density at radius 2 is 2.33 bits per heavy atom. The minimum Gasteiger partial charge on any atom is -0.463 e. The minimum atomic E-state index is -0.699. The van der Waals surface area contributed by atoms with Crippen molar-refractivity contribution in [3.05, 3.63) is 62.5 Å². The summed E-state index contributed by atoms with van der Waals surface area (Å²) in [6.45, 7) is 2.66. The lowest BCUT2D eigenvalue weighted by Crippen LogP contribution is -2.37. The number of carbonyl (C=O) groups is 1. The van der Waals surface area contributed by atoms with E-state index in [1.807, 2.05) is 16.5 Å². The lowest BCUT2D eigenvalue weighted by molar-refractivity contribution is -0.139. The van der Waals surface area contributed by atoms with E-state index >= 15 is 0 Å². The number of rotatable bonds is 6. The third-order valence-corrected chi connectivity index (χ3v) is 6.59. The van der Waals surface area contributed by atoms with Gasteiger partial charge in [-0.3, -0.25) is 9.71 Å². The molecule has 4 rings (SSSR count). The van der Waals surface area contributed by atoms with Crippen LogP contribution in [0.4, 0.5) is 4.39 Å². The van der Waals surface area contributed by atoms with E-state index in [9.17, 15) is 9.18 Å². The van der Waals surface area contributed by atoms with Crippen LogP contribution in [0.1, 0.15) is 30.0 Å². The number of halogens is 2. The van der Waals surface area contributed by atoms with Crippen LogP contribution in [-0.4, -0.2) is 47.1 Å². The van der Waals surface area contributed by atoms with Crippen molar-refractivity contribution in [1.29, 1.82) is 0 Å². The van der Waals surface area contributed by atoms with Crippen LogP contribution in [0.5, 0.6) is 0 Å². The zero-order chi connectivity index (χ0) is 21.3. The second-order valence-electron chi connectivity index (χ2n) is 6.77. The van der Waals surface area contributed by atoms with Gasteiger partial charge < -0.3 is 9.64 Å². The van der Waals surface area contributed by atoms with E-state index in [1.54, 1.807) is 19.2 Å². The minimum absolute atomic E-state index is 0.132. The van der Waals surface area contributed by atoms with Crippen molar-refractivity contribution in [2.75, 3.05) is 19.4 Å². The Morgan fingerprint density at radius 3 is 3.00 bits per heavy atom. The number of benzene rings is 1. The van der Waals surface area contributed by atoms with Gasteiger partial charge in [0.2, 0.25) is 0 Å². The number of hydrogen-bond donors (Lipinski definition) is 1. The van der Waals surface area contributed by atoms with E-state index in [1.165, 1.54) is 35.4 Å². The van der Waals surface area contributed by atoms with Crippen molar-refractivity contribution in [2.45, 2.75) is 25.4 Å². The molecule has 1 aromatic carbocycles. The van der Waals surface area contributed by atoms with E-state index in [0.29, 0.717) is 29.9 Å². The first-order valence-corrected chi connectivity index (χ1v) is 11.9. The zero-order valence-electron chi connectivity index (χ0n) is 16.4. The lowest BCUT2D eigenvalue weighted by Gasteiger charge is -2.31. The highest BCUT2D eigenvalue weighted by molar-refractivity contribution is 7.96.